The zero-order valence-electron chi connectivity index (χ0n) is 13.3. The number of carbonyl (C=O) groups excluding carboxylic acids is 2. The van der Waals surface area contributed by atoms with Crippen LogP contribution in [0.25, 0.3) is 0 Å². The predicted octanol–water partition coefficient (Wildman–Crippen LogP) is 0.250. The summed E-state index contributed by atoms with van der Waals surface area (Å²) in [5.41, 5.74) is 0. The third-order valence-electron chi connectivity index (χ3n) is 4.41. The van der Waals surface area contributed by atoms with Gasteiger partial charge in [-0.3, -0.25) is 14.5 Å². The second-order valence-corrected chi connectivity index (χ2v) is 5.90. The monoisotopic (exact) mass is 309 g/mol. The number of rotatable bonds is 6. The SMILES string of the molecule is C=CC(=O)N1CCC(C(=O)NCCCN2CCOCC2)CC1. The lowest BCUT2D eigenvalue weighted by atomic mass is 9.96. The number of hydrogen-bond donors (Lipinski definition) is 1. The first-order chi connectivity index (χ1) is 10.7. The fourth-order valence-electron chi connectivity index (χ4n) is 2.97. The van der Waals surface area contributed by atoms with Crippen molar-refractivity contribution in [2.45, 2.75) is 19.3 Å². The third kappa shape index (κ3) is 5.10. The molecule has 1 N–H and O–H groups in total. The molecule has 0 spiro atoms. The Kier molecular flexibility index (Phi) is 6.86. The first-order valence-electron chi connectivity index (χ1n) is 8.20. The maximum absolute atomic E-state index is 12.1. The first kappa shape index (κ1) is 17.0. The minimum Gasteiger partial charge on any atom is -0.379 e. The Morgan fingerprint density at radius 1 is 1.18 bits per heavy atom. The molecule has 2 heterocycles. The molecule has 0 aromatic heterocycles. The van der Waals surface area contributed by atoms with Gasteiger partial charge in [-0.05, 0) is 31.9 Å². The highest BCUT2D eigenvalue weighted by Crippen LogP contribution is 2.17. The van der Waals surface area contributed by atoms with E-state index in [4.69, 9.17) is 4.74 Å². The number of ether oxygens (including phenoxy) is 1. The van der Waals surface area contributed by atoms with Crippen LogP contribution in [0.15, 0.2) is 12.7 Å². The van der Waals surface area contributed by atoms with Gasteiger partial charge in [0.2, 0.25) is 11.8 Å². The van der Waals surface area contributed by atoms with Crippen LogP contribution >= 0.6 is 0 Å². The van der Waals surface area contributed by atoms with Crippen molar-refractivity contribution in [2.24, 2.45) is 5.92 Å². The minimum absolute atomic E-state index is 0.0376. The normalized spacial score (nSPS) is 20.6. The molecule has 2 rings (SSSR count). The van der Waals surface area contributed by atoms with Crippen molar-refractivity contribution in [3.63, 3.8) is 0 Å². The van der Waals surface area contributed by atoms with Crippen molar-refractivity contribution >= 4 is 11.8 Å². The average Bonchev–Trinajstić information content (AvgIpc) is 2.59. The lowest BCUT2D eigenvalue weighted by molar-refractivity contribution is -0.132. The highest BCUT2D eigenvalue weighted by molar-refractivity contribution is 5.87. The standard InChI is InChI=1S/C16H27N3O3/c1-2-15(20)19-8-4-14(5-9-19)16(21)17-6-3-7-18-10-12-22-13-11-18/h2,14H,1,3-13H2,(H,17,21). The molecule has 0 saturated carbocycles. The molecule has 2 saturated heterocycles. The molecule has 2 amide bonds. The van der Waals surface area contributed by atoms with Crippen LogP contribution < -0.4 is 5.32 Å². The fraction of sp³-hybridized carbons (Fsp3) is 0.750. The van der Waals surface area contributed by atoms with Crippen molar-refractivity contribution in [1.29, 1.82) is 0 Å². The molecule has 0 radical (unpaired) electrons. The number of piperidine rings is 1. The minimum atomic E-state index is -0.0376. The number of nitrogens with zero attached hydrogens (tertiary/aromatic N) is 2. The smallest absolute Gasteiger partial charge is 0.245 e. The maximum atomic E-state index is 12.1. The highest BCUT2D eigenvalue weighted by atomic mass is 16.5. The molecule has 0 bridgehead atoms. The van der Waals surface area contributed by atoms with Crippen molar-refractivity contribution in [2.75, 3.05) is 52.5 Å². The van der Waals surface area contributed by atoms with Crippen LogP contribution in [-0.2, 0) is 14.3 Å². The number of hydrogen-bond acceptors (Lipinski definition) is 4. The van der Waals surface area contributed by atoms with Crippen LogP contribution in [0.1, 0.15) is 19.3 Å². The Morgan fingerprint density at radius 3 is 2.50 bits per heavy atom. The van der Waals surface area contributed by atoms with Gasteiger partial charge in [-0.2, -0.15) is 0 Å². The van der Waals surface area contributed by atoms with Crippen LogP contribution in [0, 0.1) is 5.92 Å². The van der Waals surface area contributed by atoms with E-state index in [2.05, 4.69) is 16.8 Å². The van der Waals surface area contributed by atoms with E-state index < -0.39 is 0 Å². The van der Waals surface area contributed by atoms with Gasteiger partial charge >= 0.3 is 0 Å². The fourth-order valence-corrected chi connectivity index (χ4v) is 2.97. The Labute approximate surface area is 132 Å². The highest BCUT2D eigenvalue weighted by Gasteiger charge is 2.26. The summed E-state index contributed by atoms with van der Waals surface area (Å²) in [6, 6.07) is 0. The molecule has 124 valence electrons. The molecule has 2 aliphatic heterocycles. The van der Waals surface area contributed by atoms with E-state index in [9.17, 15) is 9.59 Å². The molecule has 0 unspecified atom stereocenters. The molecule has 6 heteroatoms. The Bertz CT molecular complexity index is 386. The molecule has 2 aliphatic rings. The van der Waals surface area contributed by atoms with Gasteiger partial charge in [0.1, 0.15) is 0 Å². The zero-order valence-corrected chi connectivity index (χ0v) is 13.3. The first-order valence-corrected chi connectivity index (χ1v) is 8.20. The Hall–Kier alpha value is -1.40. The van der Waals surface area contributed by atoms with E-state index in [1.165, 1.54) is 6.08 Å². The van der Waals surface area contributed by atoms with E-state index >= 15 is 0 Å². The average molecular weight is 309 g/mol. The molecular formula is C16H27N3O3. The topological polar surface area (TPSA) is 61.9 Å². The summed E-state index contributed by atoms with van der Waals surface area (Å²) in [6.07, 6.45) is 3.80. The number of likely N-dealkylation sites (tertiary alicyclic amines) is 1. The molecule has 0 aliphatic carbocycles. The van der Waals surface area contributed by atoms with Gasteiger partial charge in [0.25, 0.3) is 0 Å². The molecule has 6 nitrogen and oxygen atoms in total. The lowest BCUT2D eigenvalue weighted by Crippen LogP contribution is -2.43. The van der Waals surface area contributed by atoms with E-state index in [-0.39, 0.29) is 17.7 Å². The van der Waals surface area contributed by atoms with Crippen LogP contribution in [0.5, 0.6) is 0 Å². The number of nitrogens with one attached hydrogen (secondary N) is 1. The third-order valence-corrected chi connectivity index (χ3v) is 4.41. The van der Waals surface area contributed by atoms with Crippen LogP contribution in [-0.4, -0.2) is 74.1 Å². The second kappa shape index (κ2) is 8.90. The summed E-state index contributed by atoms with van der Waals surface area (Å²) < 4.78 is 5.31. The second-order valence-electron chi connectivity index (χ2n) is 5.90. The van der Waals surface area contributed by atoms with Gasteiger partial charge < -0.3 is 15.0 Å². The molecule has 22 heavy (non-hydrogen) atoms. The van der Waals surface area contributed by atoms with Crippen LogP contribution in [0.3, 0.4) is 0 Å². The Balaban J connectivity index is 1.57. The van der Waals surface area contributed by atoms with Gasteiger partial charge in [0, 0.05) is 38.6 Å². The van der Waals surface area contributed by atoms with E-state index in [0.717, 1.165) is 58.7 Å². The predicted molar refractivity (Wildman–Crippen MR) is 84.4 cm³/mol. The lowest BCUT2D eigenvalue weighted by Gasteiger charge is -2.30. The summed E-state index contributed by atoms with van der Waals surface area (Å²) >= 11 is 0. The van der Waals surface area contributed by atoms with Gasteiger partial charge in [0.05, 0.1) is 13.2 Å². The number of amides is 2. The Morgan fingerprint density at radius 2 is 1.86 bits per heavy atom. The summed E-state index contributed by atoms with van der Waals surface area (Å²) in [7, 11) is 0. The molecule has 0 aromatic rings. The largest absolute Gasteiger partial charge is 0.379 e. The molecule has 2 fully saturated rings. The maximum Gasteiger partial charge on any atom is 0.245 e. The van der Waals surface area contributed by atoms with Crippen LogP contribution in [0.2, 0.25) is 0 Å². The van der Waals surface area contributed by atoms with E-state index in [1.54, 1.807) is 4.90 Å². The van der Waals surface area contributed by atoms with Gasteiger partial charge in [-0.25, -0.2) is 0 Å². The molecular weight excluding hydrogens is 282 g/mol. The molecule has 0 atom stereocenters. The van der Waals surface area contributed by atoms with E-state index in [1.807, 2.05) is 0 Å². The van der Waals surface area contributed by atoms with Crippen LogP contribution in [0.4, 0.5) is 0 Å². The summed E-state index contributed by atoms with van der Waals surface area (Å²) in [5, 5.41) is 3.03. The zero-order chi connectivity index (χ0) is 15.8. The van der Waals surface area contributed by atoms with E-state index in [0.29, 0.717) is 13.1 Å². The van der Waals surface area contributed by atoms with Crippen molar-refractivity contribution in [3.8, 4) is 0 Å². The quantitative estimate of drug-likeness (QED) is 0.564. The summed E-state index contributed by atoms with van der Waals surface area (Å²) in [6.45, 7) is 10.1. The van der Waals surface area contributed by atoms with Gasteiger partial charge in [-0.15, -0.1) is 0 Å². The summed E-state index contributed by atoms with van der Waals surface area (Å²) in [5.74, 6) is 0.134. The number of morpholine rings is 1. The van der Waals surface area contributed by atoms with Gasteiger partial charge in [0.15, 0.2) is 0 Å². The number of carbonyl (C=O) groups is 2. The summed E-state index contributed by atoms with van der Waals surface area (Å²) in [4.78, 5) is 27.8. The van der Waals surface area contributed by atoms with Crippen molar-refractivity contribution in [1.82, 2.24) is 15.1 Å². The van der Waals surface area contributed by atoms with Crippen molar-refractivity contribution < 1.29 is 14.3 Å². The van der Waals surface area contributed by atoms with Crippen molar-refractivity contribution in [3.05, 3.63) is 12.7 Å². The van der Waals surface area contributed by atoms with Gasteiger partial charge in [-0.1, -0.05) is 6.58 Å². The molecule has 0 aromatic carbocycles.